The molecule has 1 aliphatic carbocycles. The summed E-state index contributed by atoms with van der Waals surface area (Å²) in [7, 11) is 0. The molecule has 0 radical (unpaired) electrons. The van der Waals surface area contributed by atoms with Gasteiger partial charge in [-0.3, -0.25) is 9.58 Å². The lowest BCUT2D eigenvalue weighted by Crippen LogP contribution is -2.34. The van der Waals surface area contributed by atoms with Gasteiger partial charge in [0, 0.05) is 25.2 Å². The highest BCUT2D eigenvalue weighted by atomic mass is 16.4. The van der Waals surface area contributed by atoms with Crippen molar-refractivity contribution in [1.29, 1.82) is 0 Å². The third-order valence-corrected chi connectivity index (χ3v) is 4.35. The summed E-state index contributed by atoms with van der Waals surface area (Å²) < 4.78 is 2.13. The Morgan fingerprint density at radius 3 is 2.90 bits per heavy atom. The zero-order valence-corrected chi connectivity index (χ0v) is 13.1. The number of hydrogen-bond donors (Lipinski definition) is 2. The maximum absolute atomic E-state index is 8.73. The standard InChI is InChI=1S/C15H27N5O/c1-3-19(10-12(2)15(16)18-21)11-13-8-9-20(17-13)14-6-4-5-7-14/h8-9,12,14,21H,3-7,10-11H2,1-2H3,(H2,16,18). The molecule has 1 aromatic rings. The van der Waals surface area contributed by atoms with Crippen LogP contribution < -0.4 is 5.73 Å². The summed E-state index contributed by atoms with van der Waals surface area (Å²) in [5.74, 6) is 0.316. The molecule has 6 nitrogen and oxygen atoms in total. The van der Waals surface area contributed by atoms with E-state index in [0.29, 0.717) is 6.04 Å². The van der Waals surface area contributed by atoms with Crippen LogP contribution in [0.15, 0.2) is 17.4 Å². The van der Waals surface area contributed by atoms with Crippen molar-refractivity contribution in [2.45, 2.75) is 52.1 Å². The Kier molecular flexibility index (Phi) is 5.61. The molecule has 1 heterocycles. The molecule has 6 heteroatoms. The molecule has 0 aromatic carbocycles. The smallest absolute Gasteiger partial charge is 0.143 e. The van der Waals surface area contributed by atoms with E-state index in [-0.39, 0.29) is 11.8 Å². The summed E-state index contributed by atoms with van der Waals surface area (Å²) in [6.45, 7) is 6.57. The van der Waals surface area contributed by atoms with Crippen LogP contribution in [0.3, 0.4) is 0 Å². The Morgan fingerprint density at radius 2 is 2.29 bits per heavy atom. The van der Waals surface area contributed by atoms with Gasteiger partial charge < -0.3 is 10.9 Å². The molecule has 0 saturated heterocycles. The van der Waals surface area contributed by atoms with Gasteiger partial charge in [-0.1, -0.05) is 31.8 Å². The second-order valence-corrected chi connectivity index (χ2v) is 5.98. The van der Waals surface area contributed by atoms with Crippen LogP contribution in [0.5, 0.6) is 0 Å². The Balaban J connectivity index is 1.92. The molecule has 0 aliphatic heterocycles. The molecule has 21 heavy (non-hydrogen) atoms. The maximum atomic E-state index is 8.73. The van der Waals surface area contributed by atoms with Crippen LogP contribution in [0.25, 0.3) is 0 Å². The monoisotopic (exact) mass is 293 g/mol. The van der Waals surface area contributed by atoms with Gasteiger partial charge in [0.25, 0.3) is 0 Å². The molecule has 1 unspecified atom stereocenters. The first-order valence-electron chi connectivity index (χ1n) is 7.87. The van der Waals surface area contributed by atoms with E-state index in [1.54, 1.807) is 0 Å². The van der Waals surface area contributed by atoms with Crippen molar-refractivity contribution in [2.24, 2.45) is 16.8 Å². The number of rotatable bonds is 7. The second-order valence-electron chi connectivity index (χ2n) is 5.98. The lowest BCUT2D eigenvalue weighted by Gasteiger charge is -2.22. The van der Waals surface area contributed by atoms with Gasteiger partial charge in [0.15, 0.2) is 0 Å². The Morgan fingerprint density at radius 1 is 1.57 bits per heavy atom. The van der Waals surface area contributed by atoms with Gasteiger partial charge in [0.05, 0.1) is 11.7 Å². The summed E-state index contributed by atoms with van der Waals surface area (Å²) in [6, 6.07) is 2.69. The quantitative estimate of drug-likeness (QED) is 0.349. The third kappa shape index (κ3) is 4.20. The fraction of sp³-hybridized carbons (Fsp3) is 0.733. The van der Waals surface area contributed by atoms with Crippen LogP contribution in [0, 0.1) is 5.92 Å². The molecule has 0 amide bonds. The number of nitrogens with two attached hydrogens (primary N) is 1. The minimum absolute atomic E-state index is 0.0341. The molecular formula is C15H27N5O. The average molecular weight is 293 g/mol. The van der Waals surface area contributed by atoms with Crippen molar-refractivity contribution < 1.29 is 5.21 Å². The molecule has 118 valence electrons. The molecule has 0 bridgehead atoms. The van der Waals surface area contributed by atoms with E-state index in [1.165, 1.54) is 25.7 Å². The molecule has 1 fully saturated rings. The van der Waals surface area contributed by atoms with Crippen LogP contribution in [-0.2, 0) is 6.54 Å². The third-order valence-electron chi connectivity index (χ3n) is 4.35. The average Bonchev–Trinajstić information content (AvgIpc) is 3.16. The number of hydrogen-bond acceptors (Lipinski definition) is 4. The molecule has 3 N–H and O–H groups in total. The molecule has 0 spiro atoms. The minimum atomic E-state index is 0.0341. The number of amidine groups is 1. The molecule has 1 aliphatic rings. The highest BCUT2D eigenvalue weighted by Gasteiger charge is 2.18. The van der Waals surface area contributed by atoms with Crippen molar-refractivity contribution in [3.8, 4) is 0 Å². The summed E-state index contributed by atoms with van der Waals surface area (Å²) in [4.78, 5) is 2.27. The first-order chi connectivity index (χ1) is 10.1. The number of aromatic nitrogens is 2. The first kappa shape index (κ1) is 15.8. The Labute approximate surface area is 126 Å². The van der Waals surface area contributed by atoms with E-state index < -0.39 is 0 Å². The van der Waals surface area contributed by atoms with Gasteiger partial charge in [-0.2, -0.15) is 5.10 Å². The first-order valence-corrected chi connectivity index (χ1v) is 7.87. The minimum Gasteiger partial charge on any atom is -0.409 e. The maximum Gasteiger partial charge on any atom is 0.143 e. The van der Waals surface area contributed by atoms with Crippen molar-refractivity contribution >= 4 is 5.84 Å². The van der Waals surface area contributed by atoms with Gasteiger partial charge in [-0.15, -0.1) is 0 Å². The lowest BCUT2D eigenvalue weighted by atomic mass is 10.1. The Hall–Kier alpha value is -1.56. The van der Waals surface area contributed by atoms with E-state index >= 15 is 0 Å². The van der Waals surface area contributed by atoms with Gasteiger partial charge in [0.2, 0.25) is 0 Å². The van der Waals surface area contributed by atoms with Gasteiger partial charge in [0.1, 0.15) is 5.84 Å². The zero-order chi connectivity index (χ0) is 15.2. The van der Waals surface area contributed by atoms with Gasteiger partial charge >= 0.3 is 0 Å². The largest absolute Gasteiger partial charge is 0.409 e. The molecule has 1 aromatic heterocycles. The zero-order valence-electron chi connectivity index (χ0n) is 13.1. The van der Waals surface area contributed by atoms with Gasteiger partial charge in [-0.05, 0) is 25.5 Å². The summed E-state index contributed by atoms with van der Waals surface area (Å²) in [6.07, 6.45) is 7.24. The van der Waals surface area contributed by atoms with Crippen molar-refractivity contribution in [3.05, 3.63) is 18.0 Å². The van der Waals surface area contributed by atoms with E-state index in [1.807, 2.05) is 6.92 Å². The second kappa shape index (κ2) is 7.45. The molecular weight excluding hydrogens is 266 g/mol. The summed E-state index contributed by atoms with van der Waals surface area (Å²) >= 11 is 0. The van der Waals surface area contributed by atoms with Crippen molar-refractivity contribution in [2.75, 3.05) is 13.1 Å². The normalized spacial score (nSPS) is 18.5. The van der Waals surface area contributed by atoms with Crippen LogP contribution in [0.2, 0.25) is 0 Å². The van der Waals surface area contributed by atoms with Crippen molar-refractivity contribution in [3.63, 3.8) is 0 Å². The highest BCUT2D eigenvalue weighted by molar-refractivity contribution is 5.82. The predicted octanol–water partition coefficient (Wildman–Crippen LogP) is 2.20. The number of oxime groups is 1. The van der Waals surface area contributed by atoms with Crippen LogP contribution in [0.4, 0.5) is 0 Å². The van der Waals surface area contributed by atoms with E-state index in [9.17, 15) is 0 Å². The highest BCUT2D eigenvalue weighted by Crippen LogP contribution is 2.28. The van der Waals surface area contributed by atoms with Crippen molar-refractivity contribution in [1.82, 2.24) is 14.7 Å². The summed E-state index contributed by atoms with van der Waals surface area (Å²) in [5, 5.41) is 16.5. The summed E-state index contributed by atoms with van der Waals surface area (Å²) in [5.41, 5.74) is 6.75. The van der Waals surface area contributed by atoms with Crippen LogP contribution >= 0.6 is 0 Å². The fourth-order valence-electron chi connectivity index (χ4n) is 2.95. The predicted molar refractivity (Wildman–Crippen MR) is 83.3 cm³/mol. The molecule has 1 atom stereocenters. The van der Waals surface area contributed by atoms with Crippen LogP contribution in [-0.4, -0.2) is 38.8 Å². The van der Waals surface area contributed by atoms with E-state index in [0.717, 1.165) is 25.3 Å². The van der Waals surface area contributed by atoms with Crippen LogP contribution in [0.1, 0.15) is 51.3 Å². The molecule has 2 rings (SSSR count). The topological polar surface area (TPSA) is 79.7 Å². The van der Waals surface area contributed by atoms with Gasteiger partial charge in [-0.25, -0.2) is 0 Å². The molecule has 1 saturated carbocycles. The van der Waals surface area contributed by atoms with E-state index in [4.69, 9.17) is 16.0 Å². The lowest BCUT2D eigenvalue weighted by molar-refractivity contribution is 0.253. The number of nitrogens with zero attached hydrogens (tertiary/aromatic N) is 4. The SMILES string of the molecule is CCN(Cc1ccn(C2CCCC2)n1)CC(C)C(N)=NO. The Bertz CT molecular complexity index is 464. The van der Waals surface area contributed by atoms with E-state index in [2.05, 4.69) is 33.9 Å². The fourth-order valence-corrected chi connectivity index (χ4v) is 2.95.